The first-order valence-corrected chi connectivity index (χ1v) is 9.30. The minimum Gasteiger partial charge on any atom is -0.494 e. The van der Waals surface area contributed by atoms with E-state index in [1.54, 1.807) is 7.11 Å². The molecule has 148 valence electrons. The van der Waals surface area contributed by atoms with Crippen molar-refractivity contribution in [2.75, 3.05) is 27.8 Å². The molecule has 9 nitrogen and oxygen atoms in total. The van der Waals surface area contributed by atoms with Gasteiger partial charge in [0.15, 0.2) is 23.4 Å². The molecule has 1 aromatic carbocycles. The van der Waals surface area contributed by atoms with Crippen LogP contribution in [-0.4, -0.2) is 61.6 Å². The Morgan fingerprint density at radius 3 is 2.86 bits per heavy atom. The SMILES string of the molecule is COC1=CO[C@@H]2O[C@H]3c4ccc(OC)c5c4[C@@]4(CCN(C)C3[C@]24[N+](=O)[O-])[C@H]1O5. The molecular formula is C19H20N2O7. The number of likely N-dealkylation sites (tertiary alicyclic amines) is 1. The van der Waals surface area contributed by atoms with Crippen molar-refractivity contribution in [3.63, 3.8) is 0 Å². The third-order valence-electron chi connectivity index (χ3n) is 7.33. The largest absolute Gasteiger partial charge is 0.494 e. The zero-order valence-electron chi connectivity index (χ0n) is 15.7. The van der Waals surface area contributed by atoms with Crippen LogP contribution in [0.2, 0.25) is 0 Å². The Labute approximate surface area is 160 Å². The zero-order chi connectivity index (χ0) is 19.4. The molecule has 9 heteroatoms. The number of benzene rings is 1. The average Bonchev–Trinajstić information content (AvgIpc) is 3.14. The molecular weight excluding hydrogens is 368 g/mol. The van der Waals surface area contributed by atoms with Crippen molar-refractivity contribution in [1.82, 2.24) is 4.90 Å². The predicted molar refractivity (Wildman–Crippen MR) is 93.6 cm³/mol. The number of piperidine rings is 1. The first-order chi connectivity index (χ1) is 13.5. The van der Waals surface area contributed by atoms with E-state index >= 15 is 0 Å². The van der Waals surface area contributed by atoms with Gasteiger partial charge in [-0.2, -0.15) is 0 Å². The van der Waals surface area contributed by atoms with Crippen LogP contribution in [0.4, 0.5) is 0 Å². The fourth-order valence-electron chi connectivity index (χ4n) is 6.37. The summed E-state index contributed by atoms with van der Waals surface area (Å²) in [4.78, 5) is 14.7. The number of fused-ring (bicyclic) bond motifs is 1. The predicted octanol–water partition coefficient (Wildman–Crippen LogP) is 1.34. The van der Waals surface area contributed by atoms with E-state index in [-0.39, 0.29) is 4.92 Å². The second-order valence-corrected chi connectivity index (χ2v) is 8.04. The fraction of sp³-hybridized carbons (Fsp3) is 0.579. The molecule has 2 fully saturated rings. The number of ether oxygens (including phenoxy) is 5. The first-order valence-electron chi connectivity index (χ1n) is 9.30. The minimum absolute atomic E-state index is 0.196. The van der Waals surface area contributed by atoms with Crippen LogP contribution >= 0.6 is 0 Å². The molecule has 6 atom stereocenters. The molecule has 6 rings (SSSR count). The molecule has 5 aliphatic rings. The average molecular weight is 388 g/mol. The molecule has 0 saturated carbocycles. The molecule has 0 N–H and O–H groups in total. The van der Waals surface area contributed by atoms with E-state index in [2.05, 4.69) is 0 Å². The summed E-state index contributed by atoms with van der Waals surface area (Å²) in [6, 6.07) is 3.31. The Kier molecular flexibility index (Phi) is 2.88. The number of hydrogen-bond donors (Lipinski definition) is 0. The number of likely N-dealkylation sites (N-methyl/N-ethyl adjacent to an activating group) is 1. The van der Waals surface area contributed by atoms with Crippen molar-refractivity contribution in [2.24, 2.45) is 0 Å². The highest BCUT2D eigenvalue weighted by Gasteiger charge is 2.88. The van der Waals surface area contributed by atoms with E-state index in [1.807, 2.05) is 24.1 Å². The molecule has 2 saturated heterocycles. The summed E-state index contributed by atoms with van der Waals surface area (Å²) in [6.07, 6.45) is -0.257. The number of rotatable bonds is 3. The quantitative estimate of drug-likeness (QED) is 0.566. The van der Waals surface area contributed by atoms with Gasteiger partial charge in [0.25, 0.3) is 6.29 Å². The fourth-order valence-corrected chi connectivity index (χ4v) is 6.37. The molecule has 28 heavy (non-hydrogen) atoms. The van der Waals surface area contributed by atoms with Crippen LogP contribution in [0, 0.1) is 10.1 Å². The molecule has 4 heterocycles. The number of hydrogen-bond acceptors (Lipinski definition) is 8. The lowest BCUT2D eigenvalue weighted by atomic mass is 9.51. The van der Waals surface area contributed by atoms with Gasteiger partial charge in [-0.25, -0.2) is 0 Å². The van der Waals surface area contributed by atoms with Crippen LogP contribution in [0.1, 0.15) is 23.7 Å². The Bertz CT molecular complexity index is 948. The van der Waals surface area contributed by atoms with Crippen LogP contribution in [0.25, 0.3) is 0 Å². The van der Waals surface area contributed by atoms with Gasteiger partial charge in [0.1, 0.15) is 23.8 Å². The van der Waals surface area contributed by atoms with Crippen LogP contribution in [0.5, 0.6) is 11.5 Å². The molecule has 0 amide bonds. The summed E-state index contributed by atoms with van der Waals surface area (Å²) in [5, 5.41) is 12.9. The van der Waals surface area contributed by atoms with Crippen molar-refractivity contribution < 1.29 is 28.6 Å². The van der Waals surface area contributed by atoms with Gasteiger partial charge in [-0.05, 0) is 31.6 Å². The first kappa shape index (κ1) is 16.4. The van der Waals surface area contributed by atoms with Gasteiger partial charge in [-0.3, -0.25) is 15.0 Å². The highest BCUT2D eigenvalue weighted by molar-refractivity contribution is 5.65. The Balaban J connectivity index is 1.78. The minimum atomic E-state index is -1.52. The molecule has 1 aliphatic carbocycles. The summed E-state index contributed by atoms with van der Waals surface area (Å²) in [5.41, 5.74) is -0.755. The standard InChI is InChI=1S/C19H20N2O7/c1-20-7-6-18-12-9-4-5-10(24-2)14(12)27-16(18)11(25-3)8-26-17-19(18,21(22)23)15(20)13(9)28-17/h4-5,8,13,15-17H,6-7H2,1-3H3/t13-,15?,16-,17+,18-,19-/m0/s1. The lowest BCUT2D eigenvalue weighted by Gasteiger charge is -2.53. The lowest BCUT2D eigenvalue weighted by Crippen LogP contribution is -2.77. The van der Waals surface area contributed by atoms with E-state index in [1.165, 1.54) is 13.4 Å². The smallest absolute Gasteiger partial charge is 0.314 e. The second kappa shape index (κ2) is 4.90. The van der Waals surface area contributed by atoms with E-state index in [4.69, 9.17) is 23.7 Å². The van der Waals surface area contributed by atoms with E-state index < -0.39 is 35.5 Å². The van der Waals surface area contributed by atoms with Crippen molar-refractivity contribution >= 4 is 0 Å². The van der Waals surface area contributed by atoms with E-state index in [0.717, 1.165) is 11.1 Å². The third kappa shape index (κ3) is 1.39. The molecule has 0 radical (unpaired) electrons. The molecule has 4 aliphatic heterocycles. The maximum Gasteiger partial charge on any atom is 0.314 e. The number of methoxy groups -OCH3 is 2. The van der Waals surface area contributed by atoms with Gasteiger partial charge in [0.2, 0.25) is 0 Å². The summed E-state index contributed by atoms with van der Waals surface area (Å²) < 4.78 is 29.6. The highest BCUT2D eigenvalue weighted by Crippen LogP contribution is 2.71. The Morgan fingerprint density at radius 1 is 1.32 bits per heavy atom. The Morgan fingerprint density at radius 2 is 2.14 bits per heavy atom. The maximum absolute atomic E-state index is 12.9. The van der Waals surface area contributed by atoms with Crippen LogP contribution in [0.15, 0.2) is 24.2 Å². The van der Waals surface area contributed by atoms with Crippen LogP contribution < -0.4 is 9.47 Å². The van der Waals surface area contributed by atoms with Gasteiger partial charge in [-0.1, -0.05) is 6.07 Å². The normalized spacial score (nSPS) is 41.5. The van der Waals surface area contributed by atoms with E-state index in [0.29, 0.717) is 30.2 Å². The van der Waals surface area contributed by atoms with Crippen LogP contribution in [0.3, 0.4) is 0 Å². The van der Waals surface area contributed by atoms with Crippen molar-refractivity contribution in [3.05, 3.63) is 45.4 Å². The van der Waals surface area contributed by atoms with Gasteiger partial charge in [0, 0.05) is 10.5 Å². The molecule has 1 unspecified atom stereocenters. The topological polar surface area (TPSA) is 92.5 Å². The summed E-state index contributed by atoms with van der Waals surface area (Å²) >= 11 is 0. The summed E-state index contributed by atoms with van der Waals surface area (Å²) in [6.45, 7) is 0.680. The monoisotopic (exact) mass is 388 g/mol. The molecule has 1 aromatic rings. The van der Waals surface area contributed by atoms with Crippen molar-refractivity contribution in [3.8, 4) is 11.5 Å². The number of nitrogens with zero attached hydrogens (tertiary/aromatic N) is 2. The van der Waals surface area contributed by atoms with Gasteiger partial charge in [-0.15, -0.1) is 0 Å². The Hall–Kier alpha value is -2.52. The summed E-state index contributed by atoms with van der Waals surface area (Å²) in [7, 11) is 5.01. The third-order valence-corrected chi connectivity index (χ3v) is 7.33. The molecule has 4 bridgehead atoms. The van der Waals surface area contributed by atoms with Gasteiger partial charge in [0.05, 0.1) is 14.2 Å². The van der Waals surface area contributed by atoms with E-state index in [9.17, 15) is 10.1 Å². The maximum atomic E-state index is 12.9. The lowest BCUT2D eigenvalue weighted by molar-refractivity contribution is -0.611. The van der Waals surface area contributed by atoms with Gasteiger partial charge < -0.3 is 23.7 Å². The van der Waals surface area contributed by atoms with Gasteiger partial charge >= 0.3 is 5.54 Å². The van der Waals surface area contributed by atoms with Crippen LogP contribution in [-0.2, 0) is 19.6 Å². The molecule has 1 spiro atoms. The number of nitro groups is 1. The molecule has 0 aromatic heterocycles. The summed E-state index contributed by atoms with van der Waals surface area (Å²) in [5.74, 6) is 1.54. The van der Waals surface area contributed by atoms with Crippen molar-refractivity contribution in [2.45, 2.75) is 41.9 Å². The highest BCUT2D eigenvalue weighted by atomic mass is 16.7. The zero-order valence-corrected chi connectivity index (χ0v) is 15.7. The van der Waals surface area contributed by atoms with Crippen molar-refractivity contribution in [1.29, 1.82) is 0 Å². The second-order valence-electron chi connectivity index (χ2n) is 8.04.